The fraction of sp³-hybridized carbons (Fsp3) is 0.462. The molecule has 6 heteroatoms. The second-order valence-electron chi connectivity index (χ2n) is 4.64. The van der Waals surface area contributed by atoms with Crippen LogP contribution in [0, 0.1) is 11.5 Å². The van der Waals surface area contributed by atoms with Crippen molar-refractivity contribution in [2.75, 3.05) is 11.1 Å². The molecule has 4 N–H and O–H groups in total. The van der Waals surface area contributed by atoms with Crippen LogP contribution in [0.3, 0.4) is 0 Å². The van der Waals surface area contributed by atoms with Gasteiger partial charge in [-0.05, 0) is 25.0 Å². The van der Waals surface area contributed by atoms with Crippen molar-refractivity contribution < 1.29 is 0 Å². The summed E-state index contributed by atoms with van der Waals surface area (Å²) in [5.41, 5.74) is 6.28. The minimum absolute atomic E-state index is 0.384. The highest BCUT2D eigenvalue weighted by Gasteiger charge is 2.14. The van der Waals surface area contributed by atoms with Crippen LogP contribution in [0.2, 0.25) is 0 Å². The van der Waals surface area contributed by atoms with Crippen LogP contribution in [-0.4, -0.2) is 17.0 Å². The molecule has 0 aliphatic heterocycles. The van der Waals surface area contributed by atoms with E-state index in [0.717, 1.165) is 18.5 Å². The van der Waals surface area contributed by atoms with Crippen LogP contribution in [0.15, 0.2) is 23.3 Å². The van der Waals surface area contributed by atoms with Gasteiger partial charge >= 0.3 is 0 Å². The lowest BCUT2D eigenvalue weighted by Crippen LogP contribution is -2.40. The van der Waals surface area contributed by atoms with Crippen LogP contribution in [0.5, 0.6) is 0 Å². The molecule has 1 fully saturated rings. The number of nitrogens with one attached hydrogen (secondary N) is 2. The van der Waals surface area contributed by atoms with Crippen LogP contribution in [0.25, 0.3) is 0 Å². The minimum Gasteiger partial charge on any atom is -0.384 e. The molecule has 1 aromatic heterocycles. The number of nitrogen functional groups attached to an aromatic ring is 1. The molecule has 0 radical (unpaired) electrons. The Hall–Kier alpha value is -2.29. The summed E-state index contributed by atoms with van der Waals surface area (Å²) in [7, 11) is 0. The third kappa shape index (κ3) is 4.14. The van der Waals surface area contributed by atoms with Crippen LogP contribution >= 0.6 is 0 Å². The Morgan fingerprint density at radius 2 is 2.16 bits per heavy atom. The number of hydrogen-bond acceptors (Lipinski definition) is 4. The lowest BCUT2D eigenvalue weighted by molar-refractivity contribution is 0.413. The van der Waals surface area contributed by atoms with E-state index in [2.05, 4.69) is 20.6 Å². The standard InChI is InChI=1S/C13H18N6/c14-9-17-13(18-10-4-2-1-3-5-10)19-11-6-7-12(15)16-8-11/h6-8,10H,1-5H2,(H2,15,16)(H2,17,18,19). The molecule has 1 aromatic rings. The SMILES string of the molecule is N#C/N=C(\Nc1ccc(N)nc1)NC1CCCCC1. The van der Waals surface area contributed by atoms with Gasteiger partial charge in [-0.3, -0.25) is 0 Å². The number of aromatic nitrogens is 1. The first-order valence-electron chi connectivity index (χ1n) is 6.50. The third-order valence-electron chi connectivity index (χ3n) is 3.16. The first kappa shape index (κ1) is 13.1. The zero-order valence-electron chi connectivity index (χ0n) is 10.8. The fourth-order valence-corrected chi connectivity index (χ4v) is 2.20. The van der Waals surface area contributed by atoms with Crippen molar-refractivity contribution >= 4 is 17.5 Å². The van der Waals surface area contributed by atoms with E-state index in [4.69, 9.17) is 11.0 Å². The number of nitrogens with two attached hydrogens (primary N) is 1. The normalized spacial score (nSPS) is 16.7. The summed E-state index contributed by atoms with van der Waals surface area (Å²) < 4.78 is 0. The summed E-state index contributed by atoms with van der Waals surface area (Å²) in [5.74, 6) is 0.936. The van der Waals surface area contributed by atoms with E-state index in [9.17, 15) is 0 Å². The smallest absolute Gasteiger partial charge is 0.212 e. The number of anilines is 2. The van der Waals surface area contributed by atoms with Crippen molar-refractivity contribution in [3.05, 3.63) is 18.3 Å². The molecule has 1 aliphatic carbocycles. The molecule has 1 aliphatic rings. The van der Waals surface area contributed by atoms with Crippen molar-refractivity contribution in [3.63, 3.8) is 0 Å². The molecule has 0 aromatic carbocycles. The summed E-state index contributed by atoms with van der Waals surface area (Å²) in [5, 5.41) is 15.1. The van der Waals surface area contributed by atoms with Gasteiger partial charge in [0.15, 0.2) is 0 Å². The van der Waals surface area contributed by atoms with Crippen LogP contribution in [0.1, 0.15) is 32.1 Å². The monoisotopic (exact) mass is 258 g/mol. The molecule has 100 valence electrons. The van der Waals surface area contributed by atoms with Crippen LogP contribution in [0.4, 0.5) is 11.5 Å². The maximum Gasteiger partial charge on any atom is 0.212 e. The molecule has 1 heterocycles. The van der Waals surface area contributed by atoms with E-state index >= 15 is 0 Å². The van der Waals surface area contributed by atoms with Gasteiger partial charge in [-0.25, -0.2) is 4.98 Å². The molecule has 1 saturated carbocycles. The lowest BCUT2D eigenvalue weighted by atomic mass is 9.96. The van der Waals surface area contributed by atoms with Gasteiger partial charge < -0.3 is 16.4 Å². The molecule has 0 amide bonds. The zero-order valence-corrected chi connectivity index (χ0v) is 10.8. The van der Waals surface area contributed by atoms with E-state index in [1.165, 1.54) is 19.3 Å². The Morgan fingerprint density at radius 3 is 2.79 bits per heavy atom. The van der Waals surface area contributed by atoms with Gasteiger partial charge in [0.2, 0.25) is 12.2 Å². The van der Waals surface area contributed by atoms with Crippen molar-refractivity contribution in [3.8, 4) is 6.19 Å². The lowest BCUT2D eigenvalue weighted by Gasteiger charge is -2.24. The second kappa shape index (κ2) is 6.59. The Bertz CT molecular complexity index is 467. The van der Waals surface area contributed by atoms with Gasteiger partial charge in [-0.2, -0.15) is 5.26 Å². The van der Waals surface area contributed by atoms with Gasteiger partial charge in [0.1, 0.15) is 5.82 Å². The molecule has 19 heavy (non-hydrogen) atoms. The average molecular weight is 258 g/mol. The van der Waals surface area contributed by atoms with Gasteiger partial charge in [0.05, 0.1) is 11.9 Å². The van der Waals surface area contributed by atoms with E-state index in [-0.39, 0.29) is 0 Å². The predicted octanol–water partition coefficient (Wildman–Crippen LogP) is 1.84. The maximum atomic E-state index is 8.74. The molecule has 0 saturated heterocycles. The number of nitrogens with zero attached hydrogens (tertiary/aromatic N) is 3. The summed E-state index contributed by atoms with van der Waals surface area (Å²) in [4.78, 5) is 7.77. The number of rotatable bonds is 2. The van der Waals surface area contributed by atoms with E-state index < -0.39 is 0 Å². The number of pyridine rings is 1. The summed E-state index contributed by atoms with van der Waals surface area (Å²) >= 11 is 0. The van der Waals surface area contributed by atoms with E-state index in [1.807, 2.05) is 0 Å². The summed E-state index contributed by atoms with van der Waals surface area (Å²) in [6.07, 6.45) is 9.39. The number of hydrogen-bond donors (Lipinski definition) is 3. The molecule has 6 nitrogen and oxygen atoms in total. The maximum absolute atomic E-state index is 8.74. The summed E-state index contributed by atoms with van der Waals surface area (Å²) in [6, 6.07) is 3.89. The predicted molar refractivity (Wildman–Crippen MR) is 75.3 cm³/mol. The van der Waals surface area contributed by atoms with Gasteiger partial charge in [-0.1, -0.05) is 19.3 Å². The van der Waals surface area contributed by atoms with Gasteiger partial charge in [0, 0.05) is 6.04 Å². The number of guanidine groups is 1. The highest BCUT2D eigenvalue weighted by Crippen LogP contribution is 2.17. The summed E-state index contributed by atoms with van der Waals surface area (Å²) in [6.45, 7) is 0. The molecule has 2 rings (SSSR count). The van der Waals surface area contributed by atoms with Gasteiger partial charge in [-0.15, -0.1) is 4.99 Å². The zero-order chi connectivity index (χ0) is 13.5. The topological polar surface area (TPSA) is 99.1 Å². The van der Waals surface area contributed by atoms with E-state index in [0.29, 0.717) is 17.8 Å². The Kier molecular flexibility index (Phi) is 4.56. The molecule has 0 atom stereocenters. The second-order valence-corrected chi connectivity index (χ2v) is 4.64. The number of nitriles is 1. The van der Waals surface area contributed by atoms with Gasteiger partial charge in [0.25, 0.3) is 0 Å². The highest BCUT2D eigenvalue weighted by atomic mass is 15.2. The molecular formula is C13H18N6. The Morgan fingerprint density at radius 1 is 1.37 bits per heavy atom. The molecule has 0 bridgehead atoms. The van der Waals surface area contributed by atoms with Crippen molar-refractivity contribution in [1.82, 2.24) is 10.3 Å². The Labute approximate surface area is 112 Å². The molecule has 0 unspecified atom stereocenters. The molecular weight excluding hydrogens is 240 g/mol. The third-order valence-corrected chi connectivity index (χ3v) is 3.16. The number of aliphatic imine (C=N–C) groups is 1. The minimum atomic E-state index is 0.384. The average Bonchev–Trinajstić information content (AvgIpc) is 2.43. The van der Waals surface area contributed by atoms with Crippen molar-refractivity contribution in [1.29, 1.82) is 5.26 Å². The first-order chi connectivity index (χ1) is 9.28. The molecule has 0 spiro atoms. The van der Waals surface area contributed by atoms with E-state index in [1.54, 1.807) is 24.5 Å². The van der Waals surface area contributed by atoms with Crippen LogP contribution < -0.4 is 16.4 Å². The Balaban J connectivity index is 1.98. The largest absolute Gasteiger partial charge is 0.384 e. The van der Waals surface area contributed by atoms with Crippen molar-refractivity contribution in [2.45, 2.75) is 38.1 Å². The highest BCUT2D eigenvalue weighted by molar-refractivity contribution is 5.94. The quantitative estimate of drug-likeness (QED) is 0.427. The van der Waals surface area contributed by atoms with Crippen LogP contribution in [-0.2, 0) is 0 Å². The van der Waals surface area contributed by atoms with Crippen molar-refractivity contribution in [2.24, 2.45) is 4.99 Å². The first-order valence-corrected chi connectivity index (χ1v) is 6.50. The fourth-order valence-electron chi connectivity index (χ4n) is 2.20.